The fraction of sp³-hybridized carbons (Fsp3) is 0. The SMILES string of the molecule is c1coc([P-]c2ccco2)c1. The molecular weight excluding hydrogens is 159 g/mol. The van der Waals surface area contributed by atoms with Crippen LogP contribution in [0.1, 0.15) is 0 Å². The third kappa shape index (κ3) is 1.52. The summed E-state index contributed by atoms with van der Waals surface area (Å²) in [5.74, 6) is 0. The van der Waals surface area contributed by atoms with Crippen LogP contribution in [0.15, 0.2) is 45.6 Å². The van der Waals surface area contributed by atoms with E-state index in [9.17, 15) is 0 Å². The minimum Gasteiger partial charge on any atom is -0.501 e. The first kappa shape index (κ1) is 6.68. The molecule has 0 radical (unpaired) electrons. The molecule has 0 saturated heterocycles. The highest BCUT2D eigenvalue weighted by atomic mass is 31.1. The van der Waals surface area contributed by atoms with Crippen LogP contribution in [-0.4, -0.2) is 0 Å². The van der Waals surface area contributed by atoms with Crippen molar-refractivity contribution in [2.45, 2.75) is 0 Å². The van der Waals surface area contributed by atoms with Gasteiger partial charge in [-0.1, -0.05) is 12.1 Å². The molecule has 0 aliphatic heterocycles. The van der Waals surface area contributed by atoms with E-state index in [1.54, 1.807) is 12.5 Å². The highest BCUT2D eigenvalue weighted by Crippen LogP contribution is 2.09. The van der Waals surface area contributed by atoms with Crippen LogP contribution >= 0.6 is 8.58 Å². The Kier molecular flexibility index (Phi) is 1.78. The van der Waals surface area contributed by atoms with Crippen molar-refractivity contribution in [3.63, 3.8) is 0 Å². The topological polar surface area (TPSA) is 26.3 Å². The van der Waals surface area contributed by atoms with Crippen LogP contribution < -0.4 is 11.0 Å². The zero-order valence-electron chi connectivity index (χ0n) is 5.73. The standard InChI is InChI=1S/C8H6O2P/c1-3-7(9-5-1)11-8-4-2-6-10-8/h1-6H/q-1. The molecule has 2 heterocycles. The first-order valence-corrected chi connectivity index (χ1v) is 4.13. The smallest absolute Gasteiger partial charge is 0.0867 e. The Morgan fingerprint density at radius 1 is 0.909 bits per heavy atom. The summed E-state index contributed by atoms with van der Waals surface area (Å²) in [5, 5.41) is 0. The molecule has 0 aromatic carbocycles. The van der Waals surface area contributed by atoms with E-state index in [2.05, 4.69) is 0 Å². The van der Waals surface area contributed by atoms with Gasteiger partial charge in [-0.3, -0.25) is 0 Å². The van der Waals surface area contributed by atoms with Crippen molar-refractivity contribution in [2.24, 2.45) is 0 Å². The summed E-state index contributed by atoms with van der Waals surface area (Å²) in [6.45, 7) is 0. The first-order chi connectivity index (χ1) is 5.45. The van der Waals surface area contributed by atoms with E-state index in [4.69, 9.17) is 8.83 Å². The van der Waals surface area contributed by atoms with E-state index in [1.165, 1.54) is 0 Å². The van der Waals surface area contributed by atoms with E-state index < -0.39 is 0 Å². The van der Waals surface area contributed by atoms with Gasteiger partial charge < -0.3 is 17.4 Å². The van der Waals surface area contributed by atoms with Gasteiger partial charge in [-0.15, -0.1) is 0 Å². The largest absolute Gasteiger partial charge is 0.501 e. The average molecular weight is 165 g/mol. The molecule has 0 bridgehead atoms. The summed E-state index contributed by atoms with van der Waals surface area (Å²) in [7, 11) is 0.980. The Morgan fingerprint density at radius 2 is 1.45 bits per heavy atom. The maximum Gasteiger partial charge on any atom is 0.0867 e. The lowest BCUT2D eigenvalue weighted by Gasteiger charge is -2.08. The molecule has 0 fully saturated rings. The lowest BCUT2D eigenvalue weighted by Crippen LogP contribution is -1.96. The molecule has 2 aromatic heterocycles. The minimum absolute atomic E-state index is 0.903. The van der Waals surface area contributed by atoms with E-state index in [0.29, 0.717) is 0 Å². The first-order valence-electron chi connectivity index (χ1n) is 3.24. The van der Waals surface area contributed by atoms with Crippen molar-refractivity contribution in [2.75, 3.05) is 0 Å². The predicted octanol–water partition coefficient (Wildman–Crippen LogP) is 1.77. The van der Waals surface area contributed by atoms with Crippen LogP contribution in [0.3, 0.4) is 0 Å². The Balaban J connectivity index is 2.14. The van der Waals surface area contributed by atoms with E-state index in [-0.39, 0.29) is 0 Å². The number of hydrogen-bond donors (Lipinski definition) is 0. The maximum absolute atomic E-state index is 5.13. The van der Waals surface area contributed by atoms with Gasteiger partial charge in [-0.05, 0) is 23.1 Å². The fourth-order valence-corrected chi connectivity index (χ4v) is 1.54. The molecule has 0 saturated carbocycles. The molecule has 0 unspecified atom stereocenters. The molecule has 3 heteroatoms. The molecule has 0 amide bonds. The third-order valence-corrected chi connectivity index (χ3v) is 2.18. The van der Waals surface area contributed by atoms with E-state index >= 15 is 0 Å². The summed E-state index contributed by atoms with van der Waals surface area (Å²) in [6.07, 6.45) is 3.32. The van der Waals surface area contributed by atoms with Crippen molar-refractivity contribution in [3.05, 3.63) is 36.8 Å². The maximum atomic E-state index is 5.13. The van der Waals surface area contributed by atoms with Crippen LogP contribution in [0, 0.1) is 0 Å². The van der Waals surface area contributed by atoms with Gasteiger partial charge in [-0.25, -0.2) is 0 Å². The molecule has 2 rings (SSSR count). The van der Waals surface area contributed by atoms with Gasteiger partial charge in [0.25, 0.3) is 0 Å². The van der Waals surface area contributed by atoms with Gasteiger partial charge >= 0.3 is 0 Å². The van der Waals surface area contributed by atoms with Crippen molar-refractivity contribution in [1.82, 2.24) is 0 Å². The quantitative estimate of drug-likeness (QED) is 0.634. The molecule has 11 heavy (non-hydrogen) atoms. The Labute approximate surface area is 66.0 Å². The van der Waals surface area contributed by atoms with E-state index in [1.807, 2.05) is 24.3 Å². The number of furan rings is 2. The molecule has 2 nitrogen and oxygen atoms in total. The summed E-state index contributed by atoms with van der Waals surface area (Å²) in [4.78, 5) is 0. The normalized spacial score (nSPS) is 10.2. The Bertz CT molecular complexity index is 264. The number of rotatable bonds is 2. The van der Waals surface area contributed by atoms with Gasteiger partial charge in [0, 0.05) is 0 Å². The predicted molar refractivity (Wildman–Crippen MR) is 43.6 cm³/mol. The van der Waals surface area contributed by atoms with Gasteiger partial charge in [-0.2, -0.15) is 0 Å². The molecule has 0 aliphatic rings. The second-order valence-electron chi connectivity index (χ2n) is 2.01. The van der Waals surface area contributed by atoms with Crippen molar-refractivity contribution < 1.29 is 8.83 Å². The highest BCUT2D eigenvalue weighted by molar-refractivity contribution is 7.54. The summed E-state index contributed by atoms with van der Waals surface area (Å²) < 4.78 is 10.3. The molecular formula is C8H6O2P-. The molecule has 2 aromatic rings. The molecule has 0 atom stereocenters. The zero-order chi connectivity index (χ0) is 7.52. The third-order valence-electron chi connectivity index (χ3n) is 1.23. The van der Waals surface area contributed by atoms with E-state index in [0.717, 1.165) is 19.6 Å². The molecule has 0 spiro atoms. The van der Waals surface area contributed by atoms with Crippen LogP contribution in [0.25, 0.3) is 0 Å². The second-order valence-corrected chi connectivity index (χ2v) is 3.12. The van der Waals surface area contributed by atoms with Crippen molar-refractivity contribution in [3.8, 4) is 0 Å². The van der Waals surface area contributed by atoms with Gasteiger partial charge in [0.15, 0.2) is 0 Å². The molecule has 56 valence electrons. The fourth-order valence-electron chi connectivity index (χ4n) is 0.776. The number of hydrogen-bond acceptors (Lipinski definition) is 2. The molecule has 0 N–H and O–H groups in total. The summed E-state index contributed by atoms with van der Waals surface area (Å²) in [6, 6.07) is 7.57. The second kappa shape index (κ2) is 2.93. The minimum atomic E-state index is 0.903. The monoisotopic (exact) mass is 165 g/mol. The van der Waals surface area contributed by atoms with Crippen LogP contribution in [-0.2, 0) is 0 Å². The van der Waals surface area contributed by atoms with Crippen LogP contribution in [0.2, 0.25) is 0 Å². The average Bonchev–Trinajstić information content (AvgIpc) is 2.60. The van der Waals surface area contributed by atoms with Gasteiger partial charge in [0.2, 0.25) is 0 Å². The van der Waals surface area contributed by atoms with Gasteiger partial charge in [0.05, 0.1) is 12.5 Å². The van der Waals surface area contributed by atoms with Crippen molar-refractivity contribution >= 4 is 19.6 Å². The Morgan fingerprint density at radius 3 is 1.82 bits per heavy atom. The summed E-state index contributed by atoms with van der Waals surface area (Å²) >= 11 is 0. The van der Waals surface area contributed by atoms with Crippen LogP contribution in [0.4, 0.5) is 0 Å². The van der Waals surface area contributed by atoms with Crippen molar-refractivity contribution in [1.29, 1.82) is 0 Å². The highest BCUT2D eigenvalue weighted by Gasteiger charge is 1.83. The lowest BCUT2D eigenvalue weighted by atomic mass is 10.7. The molecule has 0 aliphatic carbocycles. The summed E-state index contributed by atoms with van der Waals surface area (Å²) in [5.41, 5.74) is 1.81. The van der Waals surface area contributed by atoms with Gasteiger partial charge in [0.1, 0.15) is 0 Å². The Hall–Kier alpha value is -1.01. The van der Waals surface area contributed by atoms with Crippen LogP contribution in [0.5, 0.6) is 0 Å². The lowest BCUT2D eigenvalue weighted by molar-refractivity contribution is 0.595. The zero-order valence-corrected chi connectivity index (χ0v) is 6.62.